The molecule has 23 heavy (non-hydrogen) atoms. The van der Waals surface area contributed by atoms with Crippen molar-refractivity contribution in [2.75, 3.05) is 32.7 Å². The fourth-order valence-electron chi connectivity index (χ4n) is 3.66. The quantitative estimate of drug-likeness (QED) is 0.775. The molecule has 0 spiro atoms. The van der Waals surface area contributed by atoms with Gasteiger partial charge < -0.3 is 15.5 Å². The van der Waals surface area contributed by atoms with Crippen molar-refractivity contribution in [2.24, 2.45) is 5.92 Å². The lowest BCUT2D eigenvalue weighted by atomic mass is 9.92. The predicted molar refractivity (Wildman–Crippen MR) is 89.0 cm³/mol. The molecule has 2 N–H and O–H groups in total. The summed E-state index contributed by atoms with van der Waals surface area (Å²) in [6.07, 6.45) is 4.13. The lowest BCUT2D eigenvalue weighted by molar-refractivity contribution is -0.139. The first-order valence-electron chi connectivity index (χ1n) is 9.11. The molecular formula is C17H30N4O2. The van der Waals surface area contributed by atoms with Crippen LogP contribution in [0, 0.1) is 5.92 Å². The molecule has 0 aromatic heterocycles. The highest BCUT2D eigenvalue weighted by molar-refractivity contribution is 5.82. The predicted octanol–water partition coefficient (Wildman–Crippen LogP) is 0.186. The Morgan fingerprint density at radius 3 is 2.43 bits per heavy atom. The number of carbonyl (C=O) groups excluding carboxylic acids is 2. The van der Waals surface area contributed by atoms with Gasteiger partial charge in [0.1, 0.15) is 0 Å². The number of hydrogen-bond donors (Lipinski definition) is 2. The van der Waals surface area contributed by atoms with Crippen molar-refractivity contribution in [3.63, 3.8) is 0 Å². The number of piperidine rings is 1. The molecule has 3 atom stereocenters. The van der Waals surface area contributed by atoms with Gasteiger partial charge in [-0.05, 0) is 46.1 Å². The van der Waals surface area contributed by atoms with Crippen LogP contribution in [0.25, 0.3) is 0 Å². The molecule has 2 heterocycles. The molecule has 2 amide bonds. The highest BCUT2D eigenvalue weighted by Gasteiger charge is 2.33. The molecule has 0 bridgehead atoms. The Bertz CT molecular complexity index is 444. The molecule has 0 aromatic carbocycles. The van der Waals surface area contributed by atoms with Gasteiger partial charge in [-0.3, -0.25) is 14.5 Å². The van der Waals surface area contributed by atoms with Crippen molar-refractivity contribution in [1.82, 2.24) is 20.4 Å². The zero-order valence-corrected chi connectivity index (χ0v) is 14.4. The topological polar surface area (TPSA) is 64.7 Å². The maximum absolute atomic E-state index is 12.7. The monoisotopic (exact) mass is 322 g/mol. The SMILES string of the molecule is CC(C(=O)NC1CC1)N1CCN(C(=O)[C@H]2CCN[C@@H](C)C2)CC1. The highest BCUT2D eigenvalue weighted by atomic mass is 16.2. The van der Waals surface area contributed by atoms with E-state index in [-0.39, 0.29) is 17.9 Å². The molecule has 2 saturated heterocycles. The van der Waals surface area contributed by atoms with Gasteiger partial charge >= 0.3 is 0 Å². The second kappa shape index (κ2) is 7.18. The van der Waals surface area contributed by atoms with Gasteiger partial charge in [-0.1, -0.05) is 0 Å². The van der Waals surface area contributed by atoms with Gasteiger partial charge in [0.05, 0.1) is 6.04 Å². The van der Waals surface area contributed by atoms with Gasteiger partial charge in [-0.2, -0.15) is 0 Å². The summed E-state index contributed by atoms with van der Waals surface area (Å²) >= 11 is 0. The summed E-state index contributed by atoms with van der Waals surface area (Å²) in [7, 11) is 0. The minimum atomic E-state index is -0.0910. The summed E-state index contributed by atoms with van der Waals surface area (Å²) in [6, 6.07) is 0.756. The van der Waals surface area contributed by atoms with Crippen LogP contribution in [0.3, 0.4) is 0 Å². The fourth-order valence-corrected chi connectivity index (χ4v) is 3.66. The summed E-state index contributed by atoms with van der Waals surface area (Å²) in [5, 5.41) is 6.47. The first kappa shape index (κ1) is 16.7. The van der Waals surface area contributed by atoms with Crippen LogP contribution in [0.15, 0.2) is 0 Å². The third-order valence-electron chi connectivity index (χ3n) is 5.45. The molecule has 130 valence electrons. The van der Waals surface area contributed by atoms with Gasteiger partial charge in [0, 0.05) is 44.2 Å². The van der Waals surface area contributed by atoms with E-state index >= 15 is 0 Å². The average molecular weight is 322 g/mol. The van der Waals surface area contributed by atoms with E-state index in [9.17, 15) is 9.59 Å². The third kappa shape index (κ3) is 4.23. The van der Waals surface area contributed by atoms with Gasteiger partial charge in [0.25, 0.3) is 0 Å². The van der Waals surface area contributed by atoms with Crippen molar-refractivity contribution in [1.29, 1.82) is 0 Å². The molecule has 1 saturated carbocycles. The first-order valence-corrected chi connectivity index (χ1v) is 9.11. The molecule has 6 heteroatoms. The van der Waals surface area contributed by atoms with Gasteiger partial charge in [0.15, 0.2) is 0 Å². The minimum absolute atomic E-state index is 0.0910. The number of nitrogens with one attached hydrogen (secondary N) is 2. The summed E-state index contributed by atoms with van der Waals surface area (Å²) < 4.78 is 0. The summed E-state index contributed by atoms with van der Waals surface area (Å²) in [5.74, 6) is 0.626. The summed E-state index contributed by atoms with van der Waals surface area (Å²) in [4.78, 5) is 29.0. The summed E-state index contributed by atoms with van der Waals surface area (Å²) in [6.45, 7) is 8.16. The van der Waals surface area contributed by atoms with Crippen LogP contribution in [-0.4, -0.2) is 72.5 Å². The van der Waals surface area contributed by atoms with E-state index in [1.165, 1.54) is 0 Å². The molecular weight excluding hydrogens is 292 g/mol. The largest absolute Gasteiger partial charge is 0.352 e. The van der Waals surface area contributed by atoms with Crippen LogP contribution >= 0.6 is 0 Å². The molecule has 6 nitrogen and oxygen atoms in total. The number of rotatable bonds is 4. The Morgan fingerprint density at radius 2 is 1.83 bits per heavy atom. The minimum Gasteiger partial charge on any atom is -0.352 e. The smallest absolute Gasteiger partial charge is 0.237 e. The Hall–Kier alpha value is -1.14. The van der Waals surface area contributed by atoms with Gasteiger partial charge in [-0.15, -0.1) is 0 Å². The van der Waals surface area contributed by atoms with E-state index in [0.29, 0.717) is 18.0 Å². The number of nitrogens with zero attached hydrogens (tertiary/aromatic N) is 2. The van der Waals surface area contributed by atoms with Crippen molar-refractivity contribution in [3.8, 4) is 0 Å². The zero-order valence-electron chi connectivity index (χ0n) is 14.4. The second-order valence-electron chi connectivity index (χ2n) is 7.40. The van der Waals surface area contributed by atoms with Crippen LogP contribution in [0.2, 0.25) is 0 Å². The van der Waals surface area contributed by atoms with Gasteiger partial charge in [-0.25, -0.2) is 0 Å². The van der Waals surface area contributed by atoms with Crippen molar-refractivity contribution in [3.05, 3.63) is 0 Å². The van der Waals surface area contributed by atoms with E-state index in [2.05, 4.69) is 22.5 Å². The highest BCUT2D eigenvalue weighted by Crippen LogP contribution is 2.21. The van der Waals surface area contributed by atoms with E-state index < -0.39 is 0 Å². The van der Waals surface area contributed by atoms with Crippen LogP contribution in [-0.2, 0) is 9.59 Å². The molecule has 3 fully saturated rings. The average Bonchev–Trinajstić information content (AvgIpc) is 3.37. The summed E-state index contributed by atoms with van der Waals surface area (Å²) in [5.41, 5.74) is 0. The Morgan fingerprint density at radius 1 is 1.13 bits per heavy atom. The van der Waals surface area contributed by atoms with Crippen LogP contribution in [0.4, 0.5) is 0 Å². The van der Waals surface area contributed by atoms with Crippen molar-refractivity contribution in [2.45, 2.75) is 57.7 Å². The molecule has 3 rings (SSSR count). The standard InChI is InChI=1S/C17H30N4O2/c1-12-11-14(5-6-18-12)17(23)21-9-7-20(8-10-21)13(2)16(22)19-15-3-4-15/h12-15,18H,3-11H2,1-2H3,(H,19,22)/t12-,13?,14-/m0/s1. The zero-order chi connectivity index (χ0) is 16.4. The first-order chi connectivity index (χ1) is 11.0. The Kier molecular flexibility index (Phi) is 5.21. The number of carbonyl (C=O) groups is 2. The molecule has 0 radical (unpaired) electrons. The number of hydrogen-bond acceptors (Lipinski definition) is 4. The fraction of sp³-hybridized carbons (Fsp3) is 0.882. The molecule has 1 unspecified atom stereocenters. The van der Waals surface area contributed by atoms with Crippen molar-refractivity contribution >= 4 is 11.8 Å². The Labute approximate surface area is 139 Å². The number of amides is 2. The van der Waals surface area contributed by atoms with Crippen molar-refractivity contribution < 1.29 is 9.59 Å². The number of piperazine rings is 1. The second-order valence-corrected chi connectivity index (χ2v) is 7.40. The molecule has 2 aliphatic heterocycles. The van der Waals surface area contributed by atoms with E-state index in [1.54, 1.807) is 0 Å². The normalized spacial score (nSPS) is 30.8. The maximum atomic E-state index is 12.7. The van der Waals surface area contributed by atoms with E-state index in [1.807, 2.05) is 11.8 Å². The maximum Gasteiger partial charge on any atom is 0.237 e. The van der Waals surface area contributed by atoms with E-state index in [0.717, 1.165) is 58.4 Å². The van der Waals surface area contributed by atoms with Crippen LogP contribution in [0.1, 0.15) is 39.5 Å². The van der Waals surface area contributed by atoms with Gasteiger partial charge in [0.2, 0.25) is 11.8 Å². The molecule has 1 aliphatic carbocycles. The van der Waals surface area contributed by atoms with Crippen LogP contribution in [0.5, 0.6) is 0 Å². The van der Waals surface area contributed by atoms with E-state index in [4.69, 9.17) is 0 Å². The molecule has 3 aliphatic rings. The lowest BCUT2D eigenvalue weighted by Crippen LogP contribution is -2.56. The lowest BCUT2D eigenvalue weighted by Gasteiger charge is -2.39. The Balaban J connectivity index is 1.45. The molecule has 0 aromatic rings. The third-order valence-corrected chi connectivity index (χ3v) is 5.45. The van der Waals surface area contributed by atoms with Crippen LogP contribution < -0.4 is 10.6 Å².